The number of aliphatic hydroxyl groups excluding tert-OH is 1. The number of hydrogen-bond acceptors (Lipinski definition) is 5. The molecule has 0 aliphatic heterocycles. The van der Waals surface area contributed by atoms with Crippen molar-refractivity contribution in [2.45, 2.75) is 25.8 Å². The van der Waals surface area contributed by atoms with Gasteiger partial charge in [0.2, 0.25) is 0 Å². The third kappa shape index (κ3) is 3.46. The molecule has 0 saturated heterocycles. The van der Waals surface area contributed by atoms with Gasteiger partial charge in [0.05, 0.1) is 5.52 Å². The van der Waals surface area contributed by atoms with Gasteiger partial charge in [-0.3, -0.25) is 4.98 Å². The van der Waals surface area contributed by atoms with Gasteiger partial charge in [-0.25, -0.2) is 9.97 Å². The van der Waals surface area contributed by atoms with Crippen molar-refractivity contribution in [2.75, 3.05) is 11.9 Å². The Morgan fingerprint density at radius 3 is 2.74 bits per heavy atom. The molecule has 0 aliphatic carbocycles. The molecule has 0 amide bonds. The summed E-state index contributed by atoms with van der Waals surface area (Å²) in [4.78, 5) is 13.5. The molecule has 5 nitrogen and oxygen atoms in total. The van der Waals surface area contributed by atoms with Crippen molar-refractivity contribution in [3.05, 3.63) is 48.8 Å². The molecule has 23 heavy (non-hydrogen) atoms. The molecular weight excluding hydrogens is 288 g/mol. The van der Waals surface area contributed by atoms with Gasteiger partial charge in [0.1, 0.15) is 5.82 Å². The monoisotopic (exact) mass is 308 g/mol. The lowest BCUT2D eigenvalue weighted by molar-refractivity contribution is 0.278. The van der Waals surface area contributed by atoms with Crippen LogP contribution in [0, 0.1) is 0 Å². The topological polar surface area (TPSA) is 70.9 Å². The molecule has 3 rings (SSSR count). The predicted octanol–water partition coefficient (Wildman–Crippen LogP) is 3.26. The van der Waals surface area contributed by atoms with E-state index in [1.807, 2.05) is 36.4 Å². The second-order valence-corrected chi connectivity index (χ2v) is 5.42. The van der Waals surface area contributed by atoms with Crippen LogP contribution in [0.1, 0.15) is 19.8 Å². The minimum atomic E-state index is 0.157. The molecule has 0 fully saturated rings. The number of benzene rings is 1. The fourth-order valence-corrected chi connectivity index (χ4v) is 2.54. The zero-order chi connectivity index (χ0) is 16.1. The van der Waals surface area contributed by atoms with Crippen LogP contribution in [0.3, 0.4) is 0 Å². The zero-order valence-electron chi connectivity index (χ0n) is 13.1. The average Bonchev–Trinajstić information content (AvgIpc) is 2.62. The first-order valence-electron chi connectivity index (χ1n) is 7.86. The van der Waals surface area contributed by atoms with Crippen molar-refractivity contribution in [3.63, 3.8) is 0 Å². The number of nitrogens with zero attached hydrogens (tertiary/aromatic N) is 3. The van der Waals surface area contributed by atoms with Crippen LogP contribution >= 0.6 is 0 Å². The van der Waals surface area contributed by atoms with Crippen molar-refractivity contribution < 1.29 is 5.11 Å². The molecule has 0 aliphatic rings. The Balaban J connectivity index is 2.07. The van der Waals surface area contributed by atoms with Crippen LogP contribution in [0.25, 0.3) is 22.3 Å². The molecule has 0 bridgehead atoms. The largest absolute Gasteiger partial charge is 0.396 e. The molecule has 5 heteroatoms. The van der Waals surface area contributed by atoms with E-state index >= 15 is 0 Å². The van der Waals surface area contributed by atoms with Gasteiger partial charge < -0.3 is 10.4 Å². The van der Waals surface area contributed by atoms with Gasteiger partial charge in [-0.15, -0.1) is 0 Å². The predicted molar refractivity (Wildman–Crippen MR) is 92.2 cm³/mol. The Kier molecular flexibility index (Phi) is 4.78. The molecule has 0 saturated carbocycles. The Morgan fingerprint density at radius 1 is 1.13 bits per heavy atom. The van der Waals surface area contributed by atoms with Crippen LogP contribution in [0.5, 0.6) is 0 Å². The Hall–Kier alpha value is -2.53. The summed E-state index contributed by atoms with van der Waals surface area (Å²) in [5, 5.41) is 13.6. The van der Waals surface area contributed by atoms with E-state index in [1.165, 1.54) is 0 Å². The number of hydrogen-bond donors (Lipinski definition) is 2. The van der Waals surface area contributed by atoms with Gasteiger partial charge in [0.15, 0.2) is 5.82 Å². The maximum Gasteiger partial charge on any atom is 0.163 e. The maximum atomic E-state index is 9.21. The summed E-state index contributed by atoms with van der Waals surface area (Å²) in [5.41, 5.74) is 1.78. The van der Waals surface area contributed by atoms with Crippen LogP contribution in [0.15, 0.2) is 48.8 Å². The SMILES string of the molecule is CCC(CCO)Nc1nc(-c2cccnc2)nc2ccccc12. The fraction of sp³-hybridized carbons (Fsp3) is 0.278. The average molecular weight is 308 g/mol. The van der Waals surface area contributed by atoms with Gasteiger partial charge >= 0.3 is 0 Å². The third-order valence-corrected chi connectivity index (χ3v) is 3.83. The molecular formula is C18H20N4O. The number of rotatable bonds is 6. The van der Waals surface area contributed by atoms with Gasteiger partial charge in [0, 0.05) is 36.0 Å². The van der Waals surface area contributed by atoms with E-state index in [2.05, 4.69) is 22.2 Å². The number of fused-ring (bicyclic) bond motifs is 1. The minimum Gasteiger partial charge on any atom is -0.396 e. The summed E-state index contributed by atoms with van der Waals surface area (Å²) in [6.45, 7) is 2.25. The summed E-state index contributed by atoms with van der Waals surface area (Å²) in [5.74, 6) is 1.45. The summed E-state index contributed by atoms with van der Waals surface area (Å²) in [6, 6.07) is 11.9. The van der Waals surface area contributed by atoms with Crippen LogP contribution in [-0.4, -0.2) is 32.7 Å². The molecule has 0 spiro atoms. The van der Waals surface area contributed by atoms with Gasteiger partial charge in [0.25, 0.3) is 0 Å². The lowest BCUT2D eigenvalue weighted by Crippen LogP contribution is -2.21. The summed E-state index contributed by atoms with van der Waals surface area (Å²) in [7, 11) is 0. The normalized spacial score (nSPS) is 12.3. The van der Waals surface area contributed by atoms with E-state index in [4.69, 9.17) is 4.98 Å². The number of aliphatic hydroxyl groups is 1. The molecule has 1 unspecified atom stereocenters. The van der Waals surface area contributed by atoms with E-state index < -0.39 is 0 Å². The molecule has 2 heterocycles. The van der Waals surface area contributed by atoms with Crippen molar-refractivity contribution in [1.29, 1.82) is 0 Å². The van der Waals surface area contributed by atoms with Crippen molar-refractivity contribution >= 4 is 16.7 Å². The smallest absolute Gasteiger partial charge is 0.163 e. The number of aromatic nitrogens is 3. The number of para-hydroxylation sites is 1. The third-order valence-electron chi connectivity index (χ3n) is 3.83. The Labute approximate surface area is 135 Å². The molecule has 3 aromatic rings. The second kappa shape index (κ2) is 7.15. The highest BCUT2D eigenvalue weighted by Gasteiger charge is 2.12. The van der Waals surface area contributed by atoms with E-state index in [0.29, 0.717) is 12.2 Å². The first kappa shape index (κ1) is 15.4. The van der Waals surface area contributed by atoms with Crippen LogP contribution in [0.4, 0.5) is 5.82 Å². The number of pyridine rings is 1. The highest BCUT2D eigenvalue weighted by molar-refractivity contribution is 5.90. The van der Waals surface area contributed by atoms with E-state index in [9.17, 15) is 5.11 Å². The van der Waals surface area contributed by atoms with Gasteiger partial charge in [-0.2, -0.15) is 0 Å². The molecule has 0 radical (unpaired) electrons. The van der Waals surface area contributed by atoms with E-state index in [1.54, 1.807) is 12.4 Å². The Morgan fingerprint density at radius 2 is 2.00 bits per heavy atom. The lowest BCUT2D eigenvalue weighted by atomic mass is 10.1. The van der Waals surface area contributed by atoms with Gasteiger partial charge in [-0.1, -0.05) is 19.1 Å². The summed E-state index contributed by atoms with van der Waals surface area (Å²) in [6.07, 6.45) is 5.11. The van der Waals surface area contributed by atoms with Gasteiger partial charge in [-0.05, 0) is 37.1 Å². The fourth-order valence-electron chi connectivity index (χ4n) is 2.54. The maximum absolute atomic E-state index is 9.21. The number of nitrogens with one attached hydrogen (secondary N) is 1. The highest BCUT2D eigenvalue weighted by Crippen LogP contribution is 2.25. The standard InChI is InChI=1S/C18H20N4O/c1-2-14(9-11-23)20-18-15-7-3-4-8-16(15)21-17(22-18)13-6-5-10-19-12-13/h3-8,10,12,14,23H,2,9,11H2,1H3,(H,20,21,22). The quantitative estimate of drug-likeness (QED) is 0.731. The van der Waals surface area contributed by atoms with Crippen molar-refractivity contribution in [2.24, 2.45) is 0 Å². The first-order valence-corrected chi connectivity index (χ1v) is 7.86. The van der Waals surface area contributed by atoms with Crippen LogP contribution in [-0.2, 0) is 0 Å². The zero-order valence-corrected chi connectivity index (χ0v) is 13.1. The molecule has 2 aromatic heterocycles. The van der Waals surface area contributed by atoms with E-state index in [-0.39, 0.29) is 12.6 Å². The molecule has 1 atom stereocenters. The highest BCUT2D eigenvalue weighted by atomic mass is 16.3. The lowest BCUT2D eigenvalue weighted by Gasteiger charge is -2.18. The molecule has 2 N–H and O–H groups in total. The summed E-state index contributed by atoms with van der Waals surface area (Å²) >= 11 is 0. The minimum absolute atomic E-state index is 0.157. The second-order valence-electron chi connectivity index (χ2n) is 5.42. The van der Waals surface area contributed by atoms with Crippen LogP contribution < -0.4 is 5.32 Å². The van der Waals surface area contributed by atoms with E-state index in [0.717, 1.165) is 28.7 Å². The van der Waals surface area contributed by atoms with Crippen molar-refractivity contribution in [1.82, 2.24) is 15.0 Å². The number of anilines is 1. The first-order chi connectivity index (χ1) is 11.3. The summed E-state index contributed by atoms with van der Waals surface area (Å²) < 4.78 is 0. The Bertz CT molecular complexity index is 776. The molecule has 118 valence electrons. The molecule has 1 aromatic carbocycles. The van der Waals surface area contributed by atoms with Crippen LogP contribution in [0.2, 0.25) is 0 Å². The van der Waals surface area contributed by atoms with Crippen molar-refractivity contribution in [3.8, 4) is 11.4 Å².